The zero-order valence-electron chi connectivity index (χ0n) is 14.2. The number of nitrogens with zero attached hydrogens (tertiary/aromatic N) is 5. The Morgan fingerprint density at radius 2 is 1.81 bits per heavy atom. The summed E-state index contributed by atoms with van der Waals surface area (Å²) in [5.74, 6) is -0.326. The largest absolute Gasteiger partial charge is 0.319 e. The molecule has 0 aliphatic rings. The number of carbonyl (C=O) groups excluding carboxylic acids is 1. The summed E-state index contributed by atoms with van der Waals surface area (Å²) < 4.78 is 4.18. The number of rotatable bonds is 5. The van der Waals surface area contributed by atoms with Gasteiger partial charge < -0.3 is 5.32 Å². The zero-order valence-corrected chi connectivity index (χ0v) is 15.7. The van der Waals surface area contributed by atoms with Crippen LogP contribution in [0.15, 0.2) is 77.7 Å². The van der Waals surface area contributed by atoms with Crippen LogP contribution in [0.5, 0.6) is 0 Å². The molecule has 1 N–H and O–H groups in total. The van der Waals surface area contributed by atoms with Crippen molar-refractivity contribution < 1.29 is 4.79 Å². The van der Waals surface area contributed by atoms with Gasteiger partial charge in [0, 0.05) is 6.20 Å². The second-order valence-electron chi connectivity index (χ2n) is 5.86. The lowest BCUT2D eigenvalue weighted by Gasteiger charge is -2.09. The second kappa shape index (κ2) is 7.55. The molecule has 0 saturated heterocycles. The summed E-state index contributed by atoms with van der Waals surface area (Å²) in [6.45, 7) is 0.555. The monoisotopic (exact) mass is 422 g/mol. The minimum Gasteiger partial charge on any atom is -0.319 e. The van der Waals surface area contributed by atoms with Gasteiger partial charge in [-0.3, -0.25) is 4.79 Å². The van der Waals surface area contributed by atoms with Crippen molar-refractivity contribution in [2.45, 2.75) is 6.54 Å². The van der Waals surface area contributed by atoms with Crippen LogP contribution in [0.25, 0.3) is 5.69 Å². The third-order valence-electron chi connectivity index (χ3n) is 3.91. The van der Waals surface area contributed by atoms with Crippen LogP contribution >= 0.6 is 15.9 Å². The Kier molecular flexibility index (Phi) is 4.80. The van der Waals surface area contributed by atoms with Crippen LogP contribution < -0.4 is 5.32 Å². The van der Waals surface area contributed by atoms with E-state index in [4.69, 9.17) is 0 Å². The predicted octanol–water partition coefficient (Wildman–Crippen LogP) is 3.53. The van der Waals surface area contributed by atoms with E-state index in [-0.39, 0.29) is 11.6 Å². The van der Waals surface area contributed by atoms with E-state index in [1.165, 1.54) is 0 Å². The molecular weight excluding hydrogens is 408 g/mol. The summed E-state index contributed by atoms with van der Waals surface area (Å²) in [4.78, 5) is 12.6. The highest BCUT2D eigenvalue weighted by atomic mass is 79.9. The molecule has 1 amide bonds. The first-order valence-corrected chi connectivity index (χ1v) is 9.03. The Morgan fingerprint density at radius 3 is 2.59 bits per heavy atom. The van der Waals surface area contributed by atoms with Crippen LogP contribution in [0.3, 0.4) is 0 Å². The van der Waals surface area contributed by atoms with Crippen LogP contribution in [-0.2, 0) is 6.54 Å². The van der Waals surface area contributed by atoms with Gasteiger partial charge >= 0.3 is 0 Å². The average Bonchev–Trinajstić information content (AvgIpc) is 3.32. The highest BCUT2D eigenvalue weighted by molar-refractivity contribution is 9.10. The van der Waals surface area contributed by atoms with Crippen molar-refractivity contribution in [3.63, 3.8) is 0 Å². The van der Waals surface area contributed by atoms with Crippen molar-refractivity contribution in [3.05, 3.63) is 88.9 Å². The van der Waals surface area contributed by atoms with E-state index in [9.17, 15) is 4.79 Å². The van der Waals surface area contributed by atoms with Gasteiger partial charge in [-0.1, -0.05) is 47.7 Å². The maximum Gasteiger partial charge on any atom is 0.277 e. The van der Waals surface area contributed by atoms with Crippen LogP contribution in [0, 0.1) is 0 Å². The van der Waals surface area contributed by atoms with Crippen molar-refractivity contribution in [1.82, 2.24) is 24.8 Å². The number of hydrogen-bond donors (Lipinski definition) is 1. The van der Waals surface area contributed by atoms with Crippen molar-refractivity contribution in [2.75, 3.05) is 5.32 Å². The number of aromatic nitrogens is 5. The number of nitrogens with one attached hydrogen (secondary N) is 1. The highest BCUT2D eigenvalue weighted by Crippen LogP contribution is 2.21. The third-order valence-corrected chi connectivity index (χ3v) is 4.32. The summed E-state index contributed by atoms with van der Waals surface area (Å²) in [5.41, 5.74) is 2.73. The third kappa shape index (κ3) is 3.95. The molecule has 134 valence electrons. The van der Waals surface area contributed by atoms with E-state index in [2.05, 4.69) is 36.7 Å². The Labute approximate surface area is 163 Å². The molecule has 0 unspecified atom stereocenters. The quantitative estimate of drug-likeness (QED) is 0.533. The molecule has 0 spiro atoms. The molecule has 0 atom stereocenters. The van der Waals surface area contributed by atoms with Crippen LogP contribution in [-0.4, -0.2) is 30.7 Å². The first-order chi connectivity index (χ1) is 13.2. The van der Waals surface area contributed by atoms with Gasteiger partial charge in [-0.15, -0.1) is 5.10 Å². The fourth-order valence-electron chi connectivity index (χ4n) is 2.65. The first-order valence-electron chi connectivity index (χ1n) is 8.24. The van der Waals surface area contributed by atoms with Gasteiger partial charge in [-0.2, -0.15) is 5.10 Å². The number of amides is 1. The average molecular weight is 423 g/mol. The summed E-state index contributed by atoms with van der Waals surface area (Å²) >= 11 is 3.38. The summed E-state index contributed by atoms with van der Waals surface area (Å²) in [5, 5.41) is 15.2. The molecule has 0 aliphatic heterocycles. The molecule has 2 heterocycles. The smallest absolute Gasteiger partial charge is 0.277 e. The first kappa shape index (κ1) is 17.2. The highest BCUT2D eigenvalue weighted by Gasteiger charge is 2.14. The van der Waals surface area contributed by atoms with Gasteiger partial charge in [0.05, 0.1) is 34.8 Å². The molecule has 2 aromatic carbocycles. The number of carbonyl (C=O) groups is 1. The molecular formula is C19H15BrN6O. The minimum absolute atomic E-state index is 0.252. The number of anilines is 1. The number of halogens is 1. The fraction of sp³-hybridized carbons (Fsp3) is 0.0526. The van der Waals surface area contributed by atoms with E-state index in [0.29, 0.717) is 12.2 Å². The molecule has 27 heavy (non-hydrogen) atoms. The molecule has 0 fully saturated rings. The Morgan fingerprint density at radius 1 is 1.04 bits per heavy atom. The molecule has 8 heteroatoms. The van der Waals surface area contributed by atoms with Crippen molar-refractivity contribution in [1.29, 1.82) is 0 Å². The summed E-state index contributed by atoms with van der Waals surface area (Å²) in [6, 6.07) is 17.3. The Hall–Kier alpha value is -3.26. The topological polar surface area (TPSA) is 77.6 Å². The maximum atomic E-state index is 12.6. The normalized spacial score (nSPS) is 10.7. The standard InChI is InChI=1S/C19H15BrN6O/c20-15-10-21-26(12-15)18-9-5-4-8-16(18)22-19(27)17-13-25(24-23-17)11-14-6-2-1-3-7-14/h1-10,12-13H,11H2,(H,22,27). The van der Waals surface area contributed by atoms with E-state index in [1.54, 1.807) is 21.8 Å². The summed E-state index contributed by atoms with van der Waals surface area (Å²) in [6.07, 6.45) is 5.14. The fourth-order valence-corrected chi connectivity index (χ4v) is 2.93. The maximum absolute atomic E-state index is 12.6. The summed E-state index contributed by atoms with van der Waals surface area (Å²) in [7, 11) is 0. The molecule has 4 aromatic rings. The molecule has 0 saturated carbocycles. The number of benzene rings is 2. The van der Waals surface area contributed by atoms with Crippen LogP contribution in [0.2, 0.25) is 0 Å². The molecule has 0 bridgehead atoms. The minimum atomic E-state index is -0.326. The van der Waals surface area contributed by atoms with Gasteiger partial charge in [0.15, 0.2) is 5.69 Å². The molecule has 4 rings (SSSR count). The van der Waals surface area contributed by atoms with Crippen LogP contribution in [0.1, 0.15) is 16.1 Å². The lowest BCUT2D eigenvalue weighted by Crippen LogP contribution is -2.14. The number of para-hydroxylation sites is 2. The molecule has 0 radical (unpaired) electrons. The van der Waals surface area contributed by atoms with Gasteiger partial charge in [0.1, 0.15) is 0 Å². The van der Waals surface area contributed by atoms with Gasteiger partial charge in [-0.25, -0.2) is 9.36 Å². The van der Waals surface area contributed by atoms with Gasteiger partial charge in [0.2, 0.25) is 0 Å². The number of hydrogen-bond acceptors (Lipinski definition) is 4. The van der Waals surface area contributed by atoms with E-state index in [1.807, 2.05) is 60.8 Å². The molecule has 7 nitrogen and oxygen atoms in total. The van der Waals surface area contributed by atoms with Crippen molar-refractivity contribution in [2.24, 2.45) is 0 Å². The van der Waals surface area contributed by atoms with Crippen molar-refractivity contribution in [3.8, 4) is 5.69 Å². The Bertz CT molecular complexity index is 1070. The second-order valence-corrected chi connectivity index (χ2v) is 6.78. The lowest BCUT2D eigenvalue weighted by atomic mass is 10.2. The van der Waals surface area contributed by atoms with E-state index >= 15 is 0 Å². The van der Waals surface area contributed by atoms with Crippen molar-refractivity contribution >= 4 is 27.5 Å². The van der Waals surface area contributed by atoms with E-state index in [0.717, 1.165) is 15.7 Å². The molecule has 0 aliphatic carbocycles. The van der Waals surface area contributed by atoms with Crippen LogP contribution in [0.4, 0.5) is 5.69 Å². The lowest BCUT2D eigenvalue weighted by molar-refractivity contribution is 0.102. The predicted molar refractivity (Wildman–Crippen MR) is 105 cm³/mol. The van der Waals surface area contributed by atoms with Gasteiger partial charge in [-0.05, 0) is 33.6 Å². The zero-order chi connectivity index (χ0) is 18.6. The van der Waals surface area contributed by atoms with E-state index < -0.39 is 0 Å². The Balaban J connectivity index is 1.52. The SMILES string of the molecule is O=C(Nc1ccccc1-n1cc(Br)cn1)c1cn(Cc2ccccc2)nn1. The van der Waals surface area contributed by atoms with Gasteiger partial charge in [0.25, 0.3) is 5.91 Å². The molecule has 2 aromatic heterocycles.